The van der Waals surface area contributed by atoms with E-state index in [-0.39, 0.29) is 25.4 Å². The molecule has 3 fully saturated rings. The van der Waals surface area contributed by atoms with Gasteiger partial charge in [-0.15, -0.1) is 0 Å². The van der Waals surface area contributed by atoms with Crippen LogP contribution in [0.3, 0.4) is 0 Å². The van der Waals surface area contributed by atoms with Crippen LogP contribution in [-0.2, 0) is 4.79 Å². The number of benzene rings is 1. The number of rotatable bonds is 3. The number of hydrogen-bond acceptors (Lipinski definition) is 2. The Kier molecular flexibility index (Phi) is 4.34. The normalized spacial score (nSPS) is 34.3. The van der Waals surface area contributed by atoms with Crippen LogP contribution < -0.4 is 4.74 Å². The maximum Gasteiger partial charge on any atom is 0.319 e. The maximum absolute atomic E-state index is 13.1. The molecular weight excluding hydrogens is 488 g/mol. The molecule has 0 N–H and O–H groups in total. The van der Waals surface area contributed by atoms with E-state index < -0.39 is 5.41 Å². The number of esters is 1. The Morgan fingerprint density at radius 2 is 1.74 bits per heavy atom. The van der Waals surface area contributed by atoms with Crippen molar-refractivity contribution < 1.29 is 9.53 Å². The summed E-state index contributed by atoms with van der Waals surface area (Å²) in [5, 5.41) is 0. The van der Waals surface area contributed by atoms with Gasteiger partial charge in [0.15, 0.2) is 0 Å². The Labute approximate surface area is 163 Å². The van der Waals surface area contributed by atoms with Gasteiger partial charge in [0.05, 0.1) is 9.15 Å². The molecule has 23 heavy (non-hydrogen) atoms. The summed E-state index contributed by atoms with van der Waals surface area (Å²) in [4.78, 5) is 13.2. The largest absolute Gasteiger partial charge is 0.426 e. The van der Waals surface area contributed by atoms with Crippen LogP contribution >= 0.6 is 47.8 Å². The van der Waals surface area contributed by atoms with Crippen LogP contribution in [0.1, 0.15) is 37.8 Å². The fraction of sp³-hybridized carbons (Fsp3) is 0.611. The van der Waals surface area contributed by atoms with Crippen molar-refractivity contribution in [2.24, 2.45) is 16.2 Å². The van der Waals surface area contributed by atoms with Crippen LogP contribution in [0.4, 0.5) is 0 Å². The fourth-order valence-corrected chi connectivity index (χ4v) is 9.73. The summed E-state index contributed by atoms with van der Waals surface area (Å²) in [5.74, 6) is 0.541. The molecule has 0 aromatic heterocycles. The first-order valence-corrected chi connectivity index (χ1v) is 10.6. The molecule has 0 aliphatic heterocycles. The Hall–Kier alpha value is 0.130. The molecule has 126 valence electrons. The summed E-state index contributed by atoms with van der Waals surface area (Å²) in [6.45, 7) is 8.42. The number of hydrogen-bond donors (Lipinski definition) is 0. The first kappa shape index (κ1) is 17.9. The summed E-state index contributed by atoms with van der Waals surface area (Å²) in [5.41, 5.74) is 1.63. The molecule has 3 aliphatic carbocycles. The highest BCUT2D eigenvalue weighted by molar-refractivity contribution is 9.24. The van der Waals surface area contributed by atoms with Crippen LogP contribution in [0.2, 0.25) is 0 Å². The molecule has 4 rings (SSSR count). The smallest absolute Gasteiger partial charge is 0.319 e. The summed E-state index contributed by atoms with van der Waals surface area (Å²) in [6, 6.07) is 5.93. The molecule has 3 saturated carbocycles. The lowest BCUT2D eigenvalue weighted by atomic mass is 9.43. The highest BCUT2D eigenvalue weighted by Gasteiger charge is 2.84. The highest BCUT2D eigenvalue weighted by Crippen LogP contribution is 2.82. The minimum Gasteiger partial charge on any atom is -0.426 e. The summed E-state index contributed by atoms with van der Waals surface area (Å²) >= 11 is 11.2. The van der Waals surface area contributed by atoms with E-state index in [4.69, 9.17) is 4.74 Å². The van der Waals surface area contributed by atoms with Crippen molar-refractivity contribution >= 4 is 53.8 Å². The highest BCUT2D eigenvalue weighted by atomic mass is 79.9. The molecule has 0 heterocycles. The number of fused-ring (bicyclic) bond motifs is 1. The number of ether oxygens (including phenoxy) is 1. The van der Waals surface area contributed by atoms with E-state index >= 15 is 0 Å². The number of halogens is 3. The van der Waals surface area contributed by atoms with Crippen molar-refractivity contribution in [2.45, 2.75) is 49.1 Å². The van der Waals surface area contributed by atoms with Gasteiger partial charge in [-0.25, -0.2) is 0 Å². The lowest BCUT2D eigenvalue weighted by molar-refractivity contribution is -0.176. The SMILES string of the molecule is Cc1cc(C)cc(OC(=O)C23CCC(C(Br)Br)(C2Br)C3(C)C)c1. The molecule has 1 aromatic carbocycles. The van der Waals surface area contributed by atoms with Crippen LogP contribution in [0.25, 0.3) is 0 Å². The molecule has 2 nitrogen and oxygen atoms in total. The zero-order valence-corrected chi connectivity index (χ0v) is 18.5. The van der Waals surface area contributed by atoms with Crippen molar-refractivity contribution in [3.05, 3.63) is 29.3 Å². The third-order valence-electron chi connectivity index (χ3n) is 6.26. The molecule has 0 saturated heterocycles. The first-order valence-electron chi connectivity index (χ1n) is 7.82. The predicted octanol–water partition coefficient (Wildman–Crippen LogP) is 5.89. The van der Waals surface area contributed by atoms with E-state index in [1.807, 2.05) is 26.0 Å². The summed E-state index contributed by atoms with van der Waals surface area (Å²) in [7, 11) is 0. The molecule has 0 amide bonds. The Balaban J connectivity index is 1.92. The molecule has 1 aromatic rings. The van der Waals surface area contributed by atoms with Crippen LogP contribution in [0.5, 0.6) is 5.75 Å². The summed E-state index contributed by atoms with van der Waals surface area (Å²) < 4.78 is 6.00. The molecule has 3 atom stereocenters. The minimum absolute atomic E-state index is 0.0224. The number of aryl methyl sites for hydroxylation is 2. The van der Waals surface area contributed by atoms with E-state index in [1.54, 1.807) is 0 Å². The molecule has 2 bridgehead atoms. The van der Waals surface area contributed by atoms with Crippen molar-refractivity contribution in [3.8, 4) is 5.75 Å². The van der Waals surface area contributed by atoms with Gasteiger partial charge in [0.25, 0.3) is 0 Å². The van der Waals surface area contributed by atoms with Crippen LogP contribution in [0, 0.1) is 30.1 Å². The fourth-order valence-electron chi connectivity index (χ4n) is 4.84. The second-order valence-corrected chi connectivity index (χ2v) is 11.5. The zero-order valence-electron chi connectivity index (χ0n) is 13.8. The van der Waals surface area contributed by atoms with E-state index in [1.165, 1.54) is 0 Å². The number of alkyl halides is 3. The van der Waals surface area contributed by atoms with E-state index in [0.29, 0.717) is 5.75 Å². The summed E-state index contributed by atoms with van der Waals surface area (Å²) in [6.07, 6.45) is 1.85. The van der Waals surface area contributed by atoms with Crippen molar-refractivity contribution in [3.63, 3.8) is 0 Å². The van der Waals surface area contributed by atoms with E-state index in [2.05, 4.69) is 67.7 Å². The Bertz CT molecular complexity index is 650. The van der Waals surface area contributed by atoms with Gasteiger partial charge in [-0.2, -0.15) is 0 Å². The second-order valence-electron chi connectivity index (χ2n) is 7.51. The van der Waals surface area contributed by atoms with Crippen molar-refractivity contribution in [1.29, 1.82) is 0 Å². The molecule has 0 radical (unpaired) electrons. The van der Waals surface area contributed by atoms with Crippen LogP contribution in [-0.4, -0.2) is 14.5 Å². The van der Waals surface area contributed by atoms with Gasteiger partial charge in [0.2, 0.25) is 0 Å². The van der Waals surface area contributed by atoms with Crippen LogP contribution in [0.15, 0.2) is 18.2 Å². The molecular formula is C18H21Br3O2. The lowest BCUT2D eigenvalue weighted by Gasteiger charge is -2.65. The van der Waals surface area contributed by atoms with E-state index in [9.17, 15) is 4.79 Å². The number of carbonyl (C=O) groups excluding carboxylic acids is 1. The topological polar surface area (TPSA) is 26.3 Å². The average molecular weight is 509 g/mol. The third-order valence-corrected chi connectivity index (χ3v) is 9.49. The first-order chi connectivity index (χ1) is 10.6. The average Bonchev–Trinajstić information content (AvgIpc) is 2.87. The quantitative estimate of drug-likeness (QED) is 0.289. The Morgan fingerprint density at radius 3 is 2.17 bits per heavy atom. The Morgan fingerprint density at radius 1 is 1.17 bits per heavy atom. The van der Waals surface area contributed by atoms with Gasteiger partial charge in [-0.3, -0.25) is 4.79 Å². The number of carbonyl (C=O) groups is 1. The van der Waals surface area contributed by atoms with Gasteiger partial charge in [-0.1, -0.05) is 67.7 Å². The van der Waals surface area contributed by atoms with Gasteiger partial charge in [0, 0.05) is 10.2 Å². The van der Waals surface area contributed by atoms with Crippen molar-refractivity contribution in [1.82, 2.24) is 0 Å². The monoisotopic (exact) mass is 506 g/mol. The second kappa shape index (κ2) is 5.57. The van der Waals surface area contributed by atoms with Gasteiger partial charge >= 0.3 is 5.97 Å². The standard InChI is InChI=1S/C18H21Br3O2/c1-10-7-11(2)9-12(8-10)23-15(22)18-6-5-17(13(18)19,14(20)21)16(18,3)4/h7-9,13-14H,5-6H2,1-4H3. The van der Waals surface area contributed by atoms with Gasteiger partial charge in [-0.05, 0) is 55.4 Å². The molecule has 3 unspecified atom stereocenters. The minimum atomic E-state index is -0.468. The third kappa shape index (κ3) is 2.11. The van der Waals surface area contributed by atoms with Gasteiger partial charge in [0.1, 0.15) is 5.75 Å². The molecule has 3 aliphatic rings. The maximum atomic E-state index is 13.1. The zero-order chi connectivity index (χ0) is 17.2. The molecule has 5 heteroatoms. The lowest BCUT2D eigenvalue weighted by Crippen LogP contribution is -2.71. The van der Waals surface area contributed by atoms with Crippen molar-refractivity contribution in [2.75, 3.05) is 0 Å². The van der Waals surface area contributed by atoms with Gasteiger partial charge < -0.3 is 4.74 Å². The molecule has 0 spiro atoms. The predicted molar refractivity (Wildman–Crippen MR) is 104 cm³/mol. The van der Waals surface area contributed by atoms with E-state index in [0.717, 1.165) is 24.0 Å².